The van der Waals surface area contributed by atoms with E-state index in [1.54, 1.807) is 40.1 Å². The van der Waals surface area contributed by atoms with E-state index in [0.717, 1.165) is 5.56 Å². The zero-order valence-corrected chi connectivity index (χ0v) is 21.2. The highest BCUT2D eigenvalue weighted by Gasteiger charge is 2.54. The fraction of sp³-hybridized carbons (Fsp3) is 0.444. The number of hydrogen-bond acceptors (Lipinski definition) is 4. The SMILES string of the molecule is Cc1ccccc1C(=O)N1C(C(=O)NCC(C)C)COC12CCN(C(=O)c1cccc(Cl)c1)CC2. The summed E-state index contributed by atoms with van der Waals surface area (Å²) in [4.78, 5) is 43.4. The monoisotopic (exact) mass is 497 g/mol. The molecule has 186 valence electrons. The van der Waals surface area contributed by atoms with Crippen molar-refractivity contribution in [3.8, 4) is 0 Å². The number of likely N-dealkylation sites (tertiary alicyclic amines) is 1. The molecule has 2 heterocycles. The van der Waals surface area contributed by atoms with Gasteiger partial charge in [-0.25, -0.2) is 0 Å². The molecule has 0 bridgehead atoms. The highest BCUT2D eigenvalue weighted by Crippen LogP contribution is 2.39. The number of benzene rings is 2. The molecule has 7 nitrogen and oxygen atoms in total. The average molecular weight is 498 g/mol. The van der Waals surface area contributed by atoms with E-state index >= 15 is 0 Å². The lowest BCUT2D eigenvalue weighted by atomic mass is 9.95. The van der Waals surface area contributed by atoms with Crippen LogP contribution in [0.4, 0.5) is 0 Å². The molecule has 0 radical (unpaired) electrons. The van der Waals surface area contributed by atoms with Gasteiger partial charge in [-0.3, -0.25) is 19.3 Å². The number of nitrogens with zero attached hydrogens (tertiary/aromatic N) is 2. The van der Waals surface area contributed by atoms with Crippen LogP contribution in [0.25, 0.3) is 0 Å². The van der Waals surface area contributed by atoms with Gasteiger partial charge in [-0.2, -0.15) is 0 Å². The van der Waals surface area contributed by atoms with Crippen LogP contribution in [0.15, 0.2) is 48.5 Å². The number of halogens is 1. The Morgan fingerprint density at radius 3 is 2.46 bits per heavy atom. The van der Waals surface area contributed by atoms with Crippen LogP contribution in [0, 0.1) is 12.8 Å². The van der Waals surface area contributed by atoms with Crippen molar-refractivity contribution in [3.63, 3.8) is 0 Å². The number of amides is 3. The van der Waals surface area contributed by atoms with Gasteiger partial charge in [-0.1, -0.05) is 49.7 Å². The summed E-state index contributed by atoms with van der Waals surface area (Å²) < 4.78 is 6.26. The van der Waals surface area contributed by atoms with Crippen LogP contribution in [-0.2, 0) is 9.53 Å². The molecule has 8 heteroatoms. The van der Waals surface area contributed by atoms with Crippen LogP contribution in [0.2, 0.25) is 5.02 Å². The largest absolute Gasteiger partial charge is 0.354 e. The maximum atomic E-state index is 13.8. The molecule has 35 heavy (non-hydrogen) atoms. The van der Waals surface area contributed by atoms with Gasteiger partial charge in [0.1, 0.15) is 11.8 Å². The number of carbonyl (C=O) groups excluding carboxylic acids is 3. The van der Waals surface area contributed by atoms with Crippen molar-refractivity contribution in [3.05, 3.63) is 70.2 Å². The van der Waals surface area contributed by atoms with Crippen LogP contribution in [0.3, 0.4) is 0 Å². The van der Waals surface area contributed by atoms with E-state index in [-0.39, 0.29) is 30.2 Å². The molecule has 2 saturated heterocycles. The fourth-order valence-corrected chi connectivity index (χ4v) is 4.99. The molecule has 1 atom stereocenters. The van der Waals surface area contributed by atoms with E-state index in [9.17, 15) is 14.4 Å². The molecule has 3 amide bonds. The third-order valence-electron chi connectivity index (χ3n) is 6.75. The Morgan fingerprint density at radius 1 is 1.09 bits per heavy atom. The number of ether oxygens (including phenoxy) is 1. The summed E-state index contributed by atoms with van der Waals surface area (Å²) in [6.07, 6.45) is 0.843. The van der Waals surface area contributed by atoms with Crippen molar-refractivity contribution in [2.24, 2.45) is 5.92 Å². The number of nitrogens with one attached hydrogen (secondary N) is 1. The lowest BCUT2D eigenvalue weighted by molar-refractivity contribution is -0.128. The summed E-state index contributed by atoms with van der Waals surface area (Å²) >= 11 is 6.07. The Labute approximate surface area is 211 Å². The third kappa shape index (κ3) is 5.21. The first kappa shape index (κ1) is 25.2. The zero-order valence-electron chi connectivity index (χ0n) is 20.4. The second-order valence-corrected chi connectivity index (χ2v) is 10.1. The van der Waals surface area contributed by atoms with Crippen LogP contribution in [0.5, 0.6) is 0 Å². The molecule has 1 N–H and O–H groups in total. The Bertz CT molecular complexity index is 1110. The van der Waals surface area contributed by atoms with Crippen molar-refractivity contribution in [1.29, 1.82) is 0 Å². The van der Waals surface area contributed by atoms with Crippen molar-refractivity contribution >= 4 is 29.3 Å². The summed E-state index contributed by atoms with van der Waals surface area (Å²) in [6, 6.07) is 13.5. The predicted molar refractivity (Wildman–Crippen MR) is 134 cm³/mol. The molecule has 2 aliphatic heterocycles. The van der Waals surface area contributed by atoms with Crippen molar-refractivity contribution in [2.75, 3.05) is 26.2 Å². The van der Waals surface area contributed by atoms with E-state index in [2.05, 4.69) is 5.32 Å². The number of rotatable bonds is 5. The van der Waals surface area contributed by atoms with Gasteiger partial charge in [-0.15, -0.1) is 0 Å². The second kappa shape index (κ2) is 10.4. The molecule has 2 fully saturated rings. The number of hydrogen-bond donors (Lipinski definition) is 1. The van der Waals surface area contributed by atoms with Crippen LogP contribution in [0.1, 0.15) is 53.0 Å². The normalized spacial score (nSPS) is 19.3. The number of piperidine rings is 1. The predicted octanol–water partition coefficient (Wildman–Crippen LogP) is 3.89. The minimum absolute atomic E-state index is 0.108. The maximum Gasteiger partial charge on any atom is 0.257 e. The smallest absolute Gasteiger partial charge is 0.257 e. The molecule has 2 aromatic rings. The Hall–Kier alpha value is -2.90. The fourth-order valence-electron chi connectivity index (χ4n) is 4.80. The van der Waals surface area contributed by atoms with E-state index in [4.69, 9.17) is 16.3 Å². The van der Waals surface area contributed by atoms with Gasteiger partial charge in [0, 0.05) is 48.6 Å². The van der Waals surface area contributed by atoms with Gasteiger partial charge in [0.15, 0.2) is 0 Å². The third-order valence-corrected chi connectivity index (χ3v) is 6.98. The first-order valence-corrected chi connectivity index (χ1v) is 12.5. The molecular formula is C27H32ClN3O4. The summed E-state index contributed by atoms with van der Waals surface area (Å²) in [6.45, 7) is 7.40. The summed E-state index contributed by atoms with van der Waals surface area (Å²) in [5, 5.41) is 3.47. The topological polar surface area (TPSA) is 79.0 Å². The molecular weight excluding hydrogens is 466 g/mol. The molecule has 2 aromatic carbocycles. The van der Waals surface area contributed by atoms with Crippen molar-refractivity contribution in [1.82, 2.24) is 15.1 Å². The average Bonchev–Trinajstić information content (AvgIpc) is 3.21. The van der Waals surface area contributed by atoms with Gasteiger partial charge in [-0.05, 0) is 42.7 Å². The second-order valence-electron chi connectivity index (χ2n) is 9.70. The number of carbonyl (C=O) groups is 3. The first-order chi connectivity index (χ1) is 16.7. The van der Waals surface area contributed by atoms with Crippen LogP contribution in [-0.4, -0.2) is 65.5 Å². The van der Waals surface area contributed by atoms with Gasteiger partial charge in [0.05, 0.1) is 6.61 Å². The highest BCUT2D eigenvalue weighted by atomic mass is 35.5. The maximum absolute atomic E-state index is 13.8. The van der Waals surface area contributed by atoms with Gasteiger partial charge in [0.25, 0.3) is 11.8 Å². The van der Waals surface area contributed by atoms with Crippen LogP contribution >= 0.6 is 11.6 Å². The standard InChI is InChI=1S/C27H32ClN3O4/c1-18(2)16-29-24(32)23-17-35-27(31(23)26(34)22-10-5-4-7-19(22)3)11-13-30(14-12-27)25(33)20-8-6-9-21(28)15-20/h4-10,15,18,23H,11-14,16-17H2,1-3H3,(H,29,32). The number of aryl methyl sites for hydroxylation is 1. The Balaban J connectivity index is 1.58. The summed E-state index contributed by atoms with van der Waals surface area (Å²) in [7, 11) is 0. The zero-order chi connectivity index (χ0) is 25.2. The molecule has 4 rings (SSSR count). The van der Waals surface area contributed by atoms with E-state index in [0.29, 0.717) is 48.6 Å². The summed E-state index contributed by atoms with van der Waals surface area (Å²) in [5.74, 6) is -0.255. The van der Waals surface area contributed by atoms with Gasteiger partial charge < -0.3 is 15.0 Å². The minimum atomic E-state index is -0.940. The Morgan fingerprint density at radius 2 is 1.80 bits per heavy atom. The van der Waals surface area contributed by atoms with Crippen LogP contribution < -0.4 is 5.32 Å². The lowest BCUT2D eigenvalue weighted by Gasteiger charge is -2.44. The van der Waals surface area contributed by atoms with E-state index in [1.807, 2.05) is 39.0 Å². The van der Waals surface area contributed by atoms with Gasteiger partial charge in [0.2, 0.25) is 5.91 Å². The quantitative estimate of drug-likeness (QED) is 0.679. The van der Waals surface area contributed by atoms with E-state index in [1.165, 1.54) is 0 Å². The molecule has 1 spiro atoms. The molecule has 0 saturated carbocycles. The molecule has 0 aromatic heterocycles. The first-order valence-electron chi connectivity index (χ1n) is 12.1. The van der Waals surface area contributed by atoms with Gasteiger partial charge >= 0.3 is 0 Å². The summed E-state index contributed by atoms with van der Waals surface area (Å²) in [5.41, 5.74) is 0.982. The minimum Gasteiger partial charge on any atom is -0.354 e. The molecule has 0 aliphatic carbocycles. The lowest BCUT2D eigenvalue weighted by Crippen LogP contribution is -2.60. The highest BCUT2D eigenvalue weighted by molar-refractivity contribution is 6.30. The molecule has 2 aliphatic rings. The Kier molecular flexibility index (Phi) is 7.47. The molecule has 1 unspecified atom stereocenters. The van der Waals surface area contributed by atoms with Crippen molar-refractivity contribution in [2.45, 2.75) is 45.4 Å². The van der Waals surface area contributed by atoms with E-state index < -0.39 is 11.8 Å². The van der Waals surface area contributed by atoms with Crippen molar-refractivity contribution < 1.29 is 19.1 Å².